The predicted octanol–water partition coefficient (Wildman–Crippen LogP) is 0.861. The highest BCUT2D eigenvalue weighted by atomic mass is 16.6. The molecule has 10 heteroatoms. The zero-order valence-corrected chi connectivity index (χ0v) is 12.5. The van der Waals surface area contributed by atoms with Gasteiger partial charge in [0.05, 0.1) is 11.5 Å². The second-order valence-electron chi connectivity index (χ2n) is 5.12. The van der Waals surface area contributed by atoms with Gasteiger partial charge in [-0.1, -0.05) is 12.1 Å². The molecule has 10 nitrogen and oxygen atoms in total. The van der Waals surface area contributed by atoms with E-state index in [-0.39, 0.29) is 41.0 Å². The van der Waals surface area contributed by atoms with E-state index in [1.807, 2.05) is 0 Å². The number of aromatic amines is 1. The van der Waals surface area contributed by atoms with Gasteiger partial charge in [-0.25, -0.2) is 4.98 Å². The molecule has 0 saturated heterocycles. The number of non-ortho nitro benzene ring substituents is 1. The summed E-state index contributed by atoms with van der Waals surface area (Å²) in [5, 5.41) is 10.7. The van der Waals surface area contributed by atoms with Crippen LogP contribution in [0, 0.1) is 10.1 Å². The Hall–Kier alpha value is -3.56. The highest BCUT2D eigenvalue weighted by Gasteiger charge is 2.19. The minimum atomic E-state index is -0.514. The average molecular weight is 328 g/mol. The van der Waals surface area contributed by atoms with Crippen LogP contribution in [0.5, 0.6) is 0 Å². The Bertz CT molecular complexity index is 1020. The number of carbonyl (C=O) groups excluding carboxylic acids is 1. The lowest BCUT2D eigenvalue weighted by atomic mass is 10.2. The number of hydrogen-bond donors (Lipinski definition) is 2. The van der Waals surface area contributed by atoms with Crippen LogP contribution in [0.25, 0.3) is 11.2 Å². The van der Waals surface area contributed by atoms with E-state index in [4.69, 9.17) is 5.73 Å². The van der Waals surface area contributed by atoms with Gasteiger partial charge >= 0.3 is 0 Å². The van der Waals surface area contributed by atoms with E-state index in [1.165, 1.54) is 23.6 Å². The number of H-pyrrole nitrogens is 1. The fourth-order valence-electron chi connectivity index (χ4n) is 2.39. The number of aromatic nitrogens is 4. The molecular weight excluding hydrogens is 316 g/mol. The summed E-state index contributed by atoms with van der Waals surface area (Å²) in [7, 11) is 0. The summed E-state index contributed by atoms with van der Waals surface area (Å²) in [6, 6.07) is 5.80. The first-order valence-electron chi connectivity index (χ1n) is 6.87. The molecule has 122 valence electrons. The van der Waals surface area contributed by atoms with Crippen LogP contribution in [0.15, 0.2) is 29.1 Å². The number of ketones is 1. The number of hydrogen-bond acceptors (Lipinski definition) is 7. The predicted molar refractivity (Wildman–Crippen MR) is 84.8 cm³/mol. The second kappa shape index (κ2) is 5.57. The molecule has 0 spiro atoms. The topological polar surface area (TPSA) is 150 Å². The Morgan fingerprint density at radius 1 is 1.33 bits per heavy atom. The van der Waals surface area contributed by atoms with Crippen LogP contribution in [0.1, 0.15) is 23.1 Å². The van der Waals surface area contributed by atoms with Gasteiger partial charge in [-0.2, -0.15) is 4.98 Å². The summed E-state index contributed by atoms with van der Waals surface area (Å²) in [4.78, 5) is 44.5. The maximum Gasteiger partial charge on any atom is 0.278 e. The van der Waals surface area contributed by atoms with Crippen molar-refractivity contribution >= 4 is 28.6 Å². The molecule has 0 atom stereocenters. The van der Waals surface area contributed by atoms with Gasteiger partial charge in [0.15, 0.2) is 22.8 Å². The van der Waals surface area contributed by atoms with Gasteiger partial charge in [0, 0.05) is 19.1 Å². The summed E-state index contributed by atoms with van der Waals surface area (Å²) >= 11 is 0. The Balaban J connectivity index is 2.14. The summed E-state index contributed by atoms with van der Waals surface area (Å²) in [5.74, 6) is -0.373. The molecule has 0 saturated carbocycles. The highest BCUT2D eigenvalue weighted by Crippen LogP contribution is 2.17. The molecule has 1 aromatic carbocycles. The lowest BCUT2D eigenvalue weighted by Gasteiger charge is -2.07. The number of rotatable bonds is 4. The Kier molecular flexibility index (Phi) is 3.56. The first kappa shape index (κ1) is 15.3. The third kappa shape index (κ3) is 2.60. The number of carbonyl (C=O) groups is 1. The molecule has 0 aliphatic rings. The molecule has 24 heavy (non-hydrogen) atoms. The van der Waals surface area contributed by atoms with Crippen molar-refractivity contribution in [3.05, 3.63) is 56.1 Å². The number of Topliss-reactive ketones (excluding diaryl/α,β-unsaturated/α-hetero) is 1. The molecule has 0 bridgehead atoms. The summed E-state index contributed by atoms with van der Waals surface area (Å²) < 4.78 is 1.42. The fourth-order valence-corrected chi connectivity index (χ4v) is 2.39. The number of nitrogens with zero attached hydrogens (tertiary/aromatic N) is 4. The van der Waals surface area contributed by atoms with Crippen molar-refractivity contribution in [3.8, 4) is 0 Å². The minimum Gasteiger partial charge on any atom is -0.369 e. The van der Waals surface area contributed by atoms with Gasteiger partial charge in [-0.3, -0.25) is 24.7 Å². The molecule has 0 fully saturated rings. The second-order valence-corrected chi connectivity index (χ2v) is 5.12. The molecule has 0 amide bonds. The Morgan fingerprint density at radius 2 is 2.00 bits per heavy atom. The molecule has 2 aromatic heterocycles. The van der Waals surface area contributed by atoms with E-state index in [0.29, 0.717) is 5.56 Å². The van der Waals surface area contributed by atoms with Crippen LogP contribution in [-0.2, 0) is 6.54 Å². The van der Waals surface area contributed by atoms with Crippen molar-refractivity contribution in [1.29, 1.82) is 0 Å². The minimum absolute atomic E-state index is 0.0479. The fraction of sp³-hybridized carbons (Fsp3) is 0.143. The van der Waals surface area contributed by atoms with Gasteiger partial charge in [0.25, 0.3) is 11.2 Å². The van der Waals surface area contributed by atoms with Gasteiger partial charge in [-0.05, 0) is 5.56 Å². The number of imidazole rings is 1. The van der Waals surface area contributed by atoms with Crippen molar-refractivity contribution in [3.63, 3.8) is 0 Å². The monoisotopic (exact) mass is 328 g/mol. The van der Waals surface area contributed by atoms with Crippen LogP contribution in [-0.4, -0.2) is 30.2 Å². The van der Waals surface area contributed by atoms with Crippen molar-refractivity contribution in [2.75, 3.05) is 5.73 Å². The molecule has 2 heterocycles. The van der Waals surface area contributed by atoms with E-state index in [1.54, 1.807) is 12.1 Å². The number of nitro benzene ring substituents is 1. The summed E-state index contributed by atoms with van der Waals surface area (Å²) in [6.45, 7) is 1.46. The van der Waals surface area contributed by atoms with E-state index in [9.17, 15) is 19.7 Å². The van der Waals surface area contributed by atoms with Crippen LogP contribution >= 0.6 is 0 Å². The smallest absolute Gasteiger partial charge is 0.278 e. The largest absolute Gasteiger partial charge is 0.369 e. The first-order chi connectivity index (χ1) is 11.4. The molecule has 3 rings (SSSR count). The quantitative estimate of drug-likeness (QED) is 0.409. The number of nitrogens with two attached hydrogens (primary N) is 1. The maximum absolute atomic E-state index is 12.2. The zero-order chi connectivity index (χ0) is 17.4. The van der Waals surface area contributed by atoms with Gasteiger partial charge in [0.1, 0.15) is 0 Å². The van der Waals surface area contributed by atoms with Crippen molar-refractivity contribution < 1.29 is 9.72 Å². The zero-order valence-electron chi connectivity index (χ0n) is 12.5. The van der Waals surface area contributed by atoms with Crippen molar-refractivity contribution in [1.82, 2.24) is 19.5 Å². The standard InChI is InChI=1S/C14H12N6O4/c1-7(21)12-16-11-10(13(22)18-14(15)17-11)19(12)6-8-2-4-9(5-3-8)20(23)24/h2-5H,6H2,1H3,(H3,15,17,18,22). The van der Waals surface area contributed by atoms with Gasteiger partial charge < -0.3 is 10.3 Å². The maximum atomic E-state index is 12.2. The number of fused-ring (bicyclic) bond motifs is 1. The molecule has 3 aromatic rings. The van der Waals surface area contributed by atoms with Crippen LogP contribution in [0.3, 0.4) is 0 Å². The van der Waals surface area contributed by atoms with E-state index in [2.05, 4.69) is 15.0 Å². The molecule has 3 N–H and O–H groups in total. The molecule has 0 radical (unpaired) electrons. The number of nitrogens with one attached hydrogen (secondary N) is 1. The number of nitrogen functional groups attached to an aromatic ring is 1. The SMILES string of the molecule is CC(=O)c1nc2nc(N)[nH]c(=O)c2n1Cc1ccc([N+](=O)[O-])cc1. The average Bonchev–Trinajstić information content (AvgIpc) is 2.86. The molecule has 0 aliphatic carbocycles. The molecule has 0 unspecified atom stereocenters. The molecular formula is C14H12N6O4. The normalized spacial score (nSPS) is 10.9. The third-order valence-electron chi connectivity index (χ3n) is 3.43. The van der Waals surface area contributed by atoms with Crippen LogP contribution in [0.4, 0.5) is 11.6 Å². The lowest BCUT2D eigenvalue weighted by molar-refractivity contribution is -0.384. The Morgan fingerprint density at radius 3 is 2.58 bits per heavy atom. The van der Waals surface area contributed by atoms with Gasteiger partial charge in [-0.15, -0.1) is 0 Å². The number of benzene rings is 1. The van der Waals surface area contributed by atoms with Crippen LogP contribution < -0.4 is 11.3 Å². The Labute approximate surface area is 134 Å². The number of nitro groups is 1. The van der Waals surface area contributed by atoms with Crippen molar-refractivity contribution in [2.45, 2.75) is 13.5 Å². The first-order valence-corrected chi connectivity index (χ1v) is 6.87. The summed E-state index contributed by atoms with van der Waals surface area (Å²) in [5.41, 5.74) is 5.79. The summed E-state index contributed by atoms with van der Waals surface area (Å²) in [6.07, 6.45) is 0. The highest BCUT2D eigenvalue weighted by molar-refractivity contribution is 5.94. The number of anilines is 1. The van der Waals surface area contributed by atoms with Crippen LogP contribution in [0.2, 0.25) is 0 Å². The van der Waals surface area contributed by atoms with E-state index < -0.39 is 10.5 Å². The van der Waals surface area contributed by atoms with Gasteiger partial charge in [0.2, 0.25) is 5.95 Å². The van der Waals surface area contributed by atoms with E-state index in [0.717, 1.165) is 0 Å². The molecule has 0 aliphatic heterocycles. The van der Waals surface area contributed by atoms with Crippen molar-refractivity contribution in [2.24, 2.45) is 0 Å². The van der Waals surface area contributed by atoms with E-state index >= 15 is 0 Å². The lowest BCUT2D eigenvalue weighted by Crippen LogP contribution is -2.16. The third-order valence-corrected chi connectivity index (χ3v) is 3.43.